The highest BCUT2D eigenvalue weighted by Gasteiger charge is 2.24. The van der Waals surface area contributed by atoms with Crippen LogP contribution in [0.15, 0.2) is 54.6 Å². The molecule has 4 rings (SSSR count). The van der Waals surface area contributed by atoms with Crippen LogP contribution in [-0.2, 0) is 4.79 Å². The second-order valence-corrected chi connectivity index (χ2v) is 8.36. The van der Waals surface area contributed by atoms with E-state index in [1.807, 2.05) is 24.3 Å². The first-order valence-electron chi connectivity index (χ1n) is 10.5. The Balaban J connectivity index is 1.17. The van der Waals surface area contributed by atoms with E-state index in [-0.39, 0.29) is 5.91 Å². The Morgan fingerprint density at radius 2 is 1.66 bits per heavy atom. The van der Waals surface area contributed by atoms with Gasteiger partial charge in [0, 0.05) is 51.5 Å². The summed E-state index contributed by atoms with van der Waals surface area (Å²) in [6, 6.07) is 18.5. The van der Waals surface area contributed by atoms with E-state index in [0.717, 1.165) is 62.9 Å². The molecule has 2 fully saturated rings. The fourth-order valence-electron chi connectivity index (χ4n) is 4.24. The topological polar surface area (TPSA) is 38.8 Å². The molecule has 2 heterocycles. The van der Waals surface area contributed by atoms with Gasteiger partial charge in [-0.25, -0.2) is 0 Å². The van der Waals surface area contributed by atoms with Crippen LogP contribution in [0.1, 0.15) is 6.42 Å². The highest BCUT2D eigenvalue weighted by molar-refractivity contribution is 6.33. The largest absolute Gasteiger partial charge is 0.371 e. The van der Waals surface area contributed by atoms with Crippen molar-refractivity contribution in [3.63, 3.8) is 0 Å². The molecule has 0 spiro atoms. The van der Waals surface area contributed by atoms with Crippen molar-refractivity contribution in [1.82, 2.24) is 10.2 Å². The van der Waals surface area contributed by atoms with Gasteiger partial charge in [0.25, 0.3) is 0 Å². The molecule has 1 atom stereocenters. The molecule has 2 aromatic rings. The first kappa shape index (κ1) is 20.0. The van der Waals surface area contributed by atoms with Crippen molar-refractivity contribution in [2.24, 2.45) is 5.92 Å². The maximum atomic E-state index is 12.4. The lowest BCUT2D eigenvalue weighted by molar-refractivity contribution is -0.122. The lowest BCUT2D eigenvalue weighted by atomic mass is 10.1. The maximum Gasteiger partial charge on any atom is 0.234 e. The Hall–Kier alpha value is -2.24. The number of carbonyl (C=O) groups excluding carboxylic acids is 1. The zero-order chi connectivity index (χ0) is 20.1. The van der Waals surface area contributed by atoms with Gasteiger partial charge in [-0.15, -0.1) is 0 Å². The quantitative estimate of drug-likeness (QED) is 0.791. The number of hydrogen-bond acceptors (Lipinski definition) is 4. The number of nitrogens with zero attached hydrogens (tertiary/aromatic N) is 3. The van der Waals surface area contributed by atoms with Gasteiger partial charge in [-0.3, -0.25) is 9.69 Å². The summed E-state index contributed by atoms with van der Waals surface area (Å²) in [6.45, 7) is 6.87. The number of hydrogen-bond donors (Lipinski definition) is 1. The summed E-state index contributed by atoms with van der Waals surface area (Å²) in [5, 5.41) is 3.95. The Bertz CT molecular complexity index is 808. The van der Waals surface area contributed by atoms with Crippen LogP contribution < -0.4 is 15.1 Å². The lowest BCUT2D eigenvalue weighted by Gasteiger charge is -2.36. The molecule has 2 aromatic carbocycles. The fourth-order valence-corrected chi connectivity index (χ4v) is 4.50. The van der Waals surface area contributed by atoms with Crippen LogP contribution in [0.25, 0.3) is 0 Å². The van der Waals surface area contributed by atoms with E-state index in [1.165, 1.54) is 5.69 Å². The number of rotatable bonds is 6. The average molecular weight is 413 g/mol. The molecule has 0 saturated carbocycles. The van der Waals surface area contributed by atoms with Gasteiger partial charge in [-0.05, 0) is 36.6 Å². The summed E-state index contributed by atoms with van der Waals surface area (Å²) in [5.74, 6) is 0.658. The van der Waals surface area contributed by atoms with Crippen LogP contribution in [0, 0.1) is 5.92 Å². The van der Waals surface area contributed by atoms with Crippen molar-refractivity contribution < 1.29 is 4.79 Å². The van der Waals surface area contributed by atoms with Crippen molar-refractivity contribution in [1.29, 1.82) is 0 Å². The van der Waals surface area contributed by atoms with E-state index in [2.05, 4.69) is 50.3 Å². The summed E-state index contributed by atoms with van der Waals surface area (Å²) in [4.78, 5) is 19.4. The van der Waals surface area contributed by atoms with Crippen LogP contribution in [0.2, 0.25) is 5.02 Å². The molecule has 1 N–H and O–H groups in total. The molecule has 1 amide bonds. The van der Waals surface area contributed by atoms with E-state index in [4.69, 9.17) is 11.6 Å². The third-order valence-electron chi connectivity index (χ3n) is 5.93. The Kier molecular flexibility index (Phi) is 6.57. The van der Waals surface area contributed by atoms with Gasteiger partial charge < -0.3 is 15.1 Å². The van der Waals surface area contributed by atoms with Crippen molar-refractivity contribution in [2.75, 3.05) is 62.2 Å². The minimum atomic E-state index is 0.134. The summed E-state index contributed by atoms with van der Waals surface area (Å²) >= 11 is 6.31. The SMILES string of the molecule is O=C(CN1CCN(c2ccccc2Cl)CC1)NC[C@H]1CCN(c2ccccc2)C1. The standard InChI is InChI=1S/C23H29ClN4O/c24-21-8-4-5-9-22(21)27-14-12-26(13-15-27)18-23(29)25-16-19-10-11-28(17-19)20-6-2-1-3-7-20/h1-9,19H,10-18H2,(H,25,29)/t19-/m1/s1. The molecule has 0 aliphatic carbocycles. The molecule has 154 valence electrons. The number of anilines is 2. The number of benzene rings is 2. The number of nitrogens with one attached hydrogen (secondary N) is 1. The predicted octanol–water partition coefficient (Wildman–Crippen LogP) is 3.10. The fraction of sp³-hybridized carbons (Fsp3) is 0.435. The first-order chi connectivity index (χ1) is 14.2. The van der Waals surface area contributed by atoms with Gasteiger partial charge in [0.1, 0.15) is 0 Å². The molecular formula is C23H29ClN4O. The number of para-hydroxylation sites is 2. The number of amides is 1. The van der Waals surface area contributed by atoms with E-state index < -0.39 is 0 Å². The summed E-state index contributed by atoms with van der Waals surface area (Å²) < 4.78 is 0. The first-order valence-corrected chi connectivity index (χ1v) is 10.9. The van der Waals surface area contributed by atoms with Crippen molar-refractivity contribution in [2.45, 2.75) is 6.42 Å². The van der Waals surface area contributed by atoms with E-state index in [9.17, 15) is 4.79 Å². The van der Waals surface area contributed by atoms with Crippen LogP contribution in [0.5, 0.6) is 0 Å². The highest BCUT2D eigenvalue weighted by Crippen LogP contribution is 2.26. The van der Waals surface area contributed by atoms with E-state index in [1.54, 1.807) is 0 Å². The lowest BCUT2D eigenvalue weighted by Crippen LogP contribution is -2.50. The van der Waals surface area contributed by atoms with Crippen LogP contribution in [0.4, 0.5) is 11.4 Å². The zero-order valence-corrected chi connectivity index (χ0v) is 17.5. The molecule has 2 saturated heterocycles. The van der Waals surface area contributed by atoms with Crippen molar-refractivity contribution in [3.8, 4) is 0 Å². The Labute approximate surface area is 178 Å². The number of carbonyl (C=O) groups is 1. The maximum absolute atomic E-state index is 12.4. The van der Waals surface area contributed by atoms with Crippen LogP contribution in [0.3, 0.4) is 0 Å². The van der Waals surface area contributed by atoms with E-state index >= 15 is 0 Å². The van der Waals surface area contributed by atoms with Crippen LogP contribution >= 0.6 is 11.6 Å². The molecule has 2 aliphatic heterocycles. The molecule has 5 nitrogen and oxygen atoms in total. The van der Waals surface area contributed by atoms with E-state index in [0.29, 0.717) is 12.5 Å². The third kappa shape index (κ3) is 5.22. The summed E-state index contributed by atoms with van der Waals surface area (Å²) in [7, 11) is 0. The molecular weight excluding hydrogens is 384 g/mol. The summed E-state index contributed by atoms with van der Waals surface area (Å²) in [5.41, 5.74) is 2.36. The molecule has 0 radical (unpaired) electrons. The molecule has 29 heavy (non-hydrogen) atoms. The molecule has 6 heteroatoms. The minimum Gasteiger partial charge on any atom is -0.371 e. The van der Waals surface area contributed by atoms with Gasteiger partial charge in [-0.1, -0.05) is 41.9 Å². The monoisotopic (exact) mass is 412 g/mol. The number of piperazine rings is 1. The van der Waals surface area contributed by atoms with Crippen molar-refractivity contribution in [3.05, 3.63) is 59.6 Å². The van der Waals surface area contributed by atoms with Gasteiger partial charge in [0.05, 0.1) is 17.3 Å². The Morgan fingerprint density at radius 1 is 0.931 bits per heavy atom. The van der Waals surface area contributed by atoms with Gasteiger partial charge >= 0.3 is 0 Å². The molecule has 2 aliphatic rings. The average Bonchev–Trinajstić information content (AvgIpc) is 3.23. The normalized spacial score (nSPS) is 20.1. The number of halogens is 1. The Morgan fingerprint density at radius 3 is 2.41 bits per heavy atom. The summed E-state index contributed by atoms with van der Waals surface area (Å²) in [6.07, 6.45) is 1.13. The third-order valence-corrected chi connectivity index (χ3v) is 6.25. The minimum absolute atomic E-state index is 0.134. The predicted molar refractivity (Wildman–Crippen MR) is 120 cm³/mol. The van der Waals surface area contributed by atoms with Gasteiger partial charge in [0.15, 0.2) is 0 Å². The van der Waals surface area contributed by atoms with Gasteiger partial charge in [-0.2, -0.15) is 0 Å². The second kappa shape index (κ2) is 9.51. The molecule has 0 bridgehead atoms. The van der Waals surface area contributed by atoms with Crippen molar-refractivity contribution >= 4 is 28.9 Å². The molecule has 0 unspecified atom stereocenters. The van der Waals surface area contributed by atoms with Gasteiger partial charge in [0.2, 0.25) is 5.91 Å². The second-order valence-electron chi connectivity index (χ2n) is 7.95. The smallest absolute Gasteiger partial charge is 0.234 e. The molecule has 0 aromatic heterocycles. The zero-order valence-electron chi connectivity index (χ0n) is 16.8. The highest BCUT2D eigenvalue weighted by atomic mass is 35.5. The van der Waals surface area contributed by atoms with Crippen LogP contribution in [-0.4, -0.2) is 63.2 Å².